The Kier molecular flexibility index (Phi) is 57.6. The number of hydrogen-bond donors (Lipinski definition) is 9. The van der Waals surface area contributed by atoms with Crippen LogP contribution in [0.3, 0.4) is 0 Å². The van der Waals surface area contributed by atoms with Gasteiger partial charge >= 0.3 is 0 Å². The second-order valence-corrected chi connectivity index (χ2v) is 26.8. The van der Waals surface area contributed by atoms with E-state index < -0.39 is 86.8 Å². The molecule has 0 saturated carbocycles. The SMILES string of the molecule is CC/C=C\C/C=C\C/C=C\C/C=C\C/C=C\C/C=C\CCCCCCCCCCCCCCCCCCCCCCC(=O)NC(COC1OC(CO)C(OC2OC(CO)C(O)C(O)C2O)C(O)C1O)C(O)CCCCCCCCCCCCCCCCCCCCC. The van der Waals surface area contributed by atoms with Gasteiger partial charge in [0.05, 0.1) is 32.0 Å². The summed E-state index contributed by atoms with van der Waals surface area (Å²) in [4.78, 5) is 13.4. The lowest BCUT2D eigenvalue weighted by Gasteiger charge is -2.46. The van der Waals surface area contributed by atoms with E-state index >= 15 is 0 Å². The summed E-state index contributed by atoms with van der Waals surface area (Å²) in [7, 11) is 0. The topological polar surface area (TPSA) is 228 Å². The van der Waals surface area contributed by atoms with Crippen molar-refractivity contribution >= 4 is 5.91 Å². The number of hydrogen-bond acceptors (Lipinski definition) is 13. The minimum Gasteiger partial charge on any atom is -0.394 e. The summed E-state index contributed by atoms with van der Waals surface area (Å²) in [5.74, 6) is -0.202. The second-order valence-electron chi connectivity index (χ2n) is 26.8. The number of carbonyl (C=O) groups excluding carboxylic acids is 1. The minimum absolute atomic E-state index is 0.202. The van der Waals surface area contributed by atoms with Gasteiger partial charge in [0, 0.05) is 6.42 Å². The molecule has 0 aliphatic carbocycles. The maximum atomic E-state index is 13.4. The Balaban J connectivity index is 1.58. The first-order valence-corrected chi connectivity index (χ1v) is 38.2. The average Bonchev–Trinajstić information content (AvgIpc) is 1.05. The van der Waals surface area contributed by atoms with E-state index in [2.05, 4.69) is 92.1 Å². The minimum atomic E-state index is -1.78. The number of ether oxygens (including phenoxy) is 4. The van der Waals surface area contributed by atoms with Crippen molar-refractivity contribution < 1.29 is 64.6 Å². The van der Waals surface area contributed by atoms with Crippen LogP contribution in [0.4, 0.5) is 0 Å². The molecule has 1 amide bonds. The summed E-state index contributed by atoms with van der Waals surface area (Å²) in [6.45, 7) is 2.79. The van der Waals surface area contributed by atoms with Crippen LogP contribution in [-0.2, 0) is 23.7 Å². The van der Waals surface area contributed by atoms with E-state index in [9.17, 15) is 45.6 Å². The zero-order chi connectivity index (χ0) is 66.6. The third-order valence-electron chi connectivity index (χ3n) is 18.4. The Hall–Kier alpha value is -2.57. The lowest BCUT2D eigenvalue weighted by molar-refractivity contribution is -0.359. The van der Waals surface area contributed by atoms with Crippen molar-refractivity contribution in [1.82, 2.24) is 5.32 Å². The fourth-order valence-electron chi connectivity index (χ4n) is 12.4. The molecule has 0 aromatic rings. The fourth-order valence-corrected chi connectivity index (χ4v) is 12.4. The lowest BCUT2D eigenvalue weighted by Crippen LogP contribution is -2.65. The molecule has 2 aliphatic rings. The van der Waals surface area contributed by atoms with Crippen molar-refractivity contribution in [2.45, 2.75) is 396 Å². The molecule has 2 rings (SSSR count). The van der Waals surface area contributed by atoms with Crippen LogP contribution in [0, 0.1) is 0 Å². The molecular weight excluding hydrogens is 1160 g/mol. The van der Waals surface area contributed by atoms with E-state index in [1.165, 1.54) is 205 Å². The standard InChI is InChI=1S/C78H141NO13/c1-3-5-7-9-11-13-15-17-19-21-23-24-25-26-27-28-29-30-31-32-33-34-35-36-37-38-39-40-41-42-44-46-48-50-52-54-56-58-60-62-70(83)79-66(67(82)61-59-57-55-53-51-49-47-45-43-22-20-18-16-14-12-10-8-6-4-2)65-89-77-75(88)73(86)76(69(64-81)91-77)92-78-74(87)72(85)71(84)68(63-80)90-78/h5,7,11,13,17,19,23-24,26-27,29-30,66-69,71-78,80-82,84-88H,3-4,6,8-10,12,14-16,18,20-22,25,28,31-65H2,1-2H3,(H,79,83)/b7-5-,13-11-,19-17-,24-23-,27-26-,30-29-. The Labute approximate surface area is 561 Å². The first-order valence-electron chi connectivity index (χ1n) is 38.2. The molecule has 2 fully saturated rings. The molecule has 92 heavy (non-hydrogen) atoms. The summed E-state index contributed by atoms with van der Waals surface area (Å²) in [5.41, 5.74) is 0. The Morgan fingerprint density at radius 1 is 0.402 bits per heavy atom. The highest BCUT2D eigenvalue weighted by Gasteiger charge is 2.51. The number of unbranched alkanes of at least 4 members (excludes halogenated alkanes) is 38. The van der Waals surface area contributed by atoms with E-state index in [0.717, 1.165) is 89.9 Å². The van der Waals surface area contributed by atoms with Crippen molar-refractivity contribution in [1.29, 1.82) is 0 Å². The molecule has 2 aliphatic heterocycles. The van der Waals surface area contributed by atoms with Crippen LogP contribution in [-0.4, -0.2) is 140 Å². The molecule has 0 bridgehead atoms. The van der Waals surface area contributed by atoms with E-state index in [1.807, 2.05) is 0 Å². The van der Waals surface area contributed by atoms with Crippen LogP contribution in [0.25, 0.3) is 0 Å². The van der Waals surface area contributed by atoms with Gasteiger partial charge in [0.25, 0.3) is 0 Å². The zero-order valence-electron chi connectivity index (χ0n) is 58.5. The summed E-state index contributed by atoms with van der Waals surface area (Å²) < 4.78 is 22.9. The summed E-state index contributed by atoms with van der Waals surface area (Å²) in [6, 6.07) is -0.830. The van der Waals surface area contributed by atoms with Gasteiger partial charge in [-0.15, -0.1) is 0 Å². The molecule has 0 radical (unpaired) electrons. The summed E-state index contributed by atoms with van der Waals surface area (Å²) in [6.07, 6.45) is 67.9. The van der Waals surface area contributed by atoms with Crippen LogP contribution >= 0.6 is 0 Å². The molecule has 536 valence electrons. The van der Waals surface area contributed by atoms with Gasteiger partial charge in [0.2, 0.25) is 5.91 Å². The number of amides is 1. The summed E-state index contributed by atoms with van der Waals surface area (Å²) >= 11 is 0. The third kappa shape index (κ3) is 45.0. The quantitative estimate of drug-likeness (QED) is 0.0204. The van der Waals surface area contributed by atoms with Gasteiger partial charge in [-0.05, 0) is 64.2 Å². The number of nitrogens with one attached hydrogen (secondary N) is 1. The molecular formula is C78H141NO13. The van der Waals surface area contributed by atoms with Crippen LogP contribution in [0.15, 0.2) is 72.9 Å². The maximum Gasteiger partial charge on any atom is 0.220 e. The van der Waals surface area contributed by atoms with Crippen molar-refractivity contribution in [3.63, 3.8) is 0 Å². The normalized spacial score (nSPS) is 23.1. The maximum absolute atomic E-state index is 13.4. The number of carbonyl (C=O) groups is 1. The Morgan fingerprint density at radius 2 is 0.750 bits per heavy atom. The molecule has 14 nitrogen and oxygen atoms in total. The predicted molar refractivity (Wildman–Crippen MR) is 378 cm³/mol. The van der Waals surface area contributed by atoms with E-state index in [-0.39, 0.29) is 12.5 Å². The fraction of sp³-hybridized carbons (Fsp3) is 0.833. The molecule has 0 aromatic heterocycles. The average molecular weight is 1300 g/mol. The number of rotatable bonds is 63. The van der Waals surface area contributed by atoms with Crippen LogP contribution in [0.1, 0.15) is 322 Å². The number of aliphatic hydroxyl groups excluding tert-OH is 8. The number of allylic oxidation sites excluding steroid dienone is 12. The van der Waals surface area contributed by atoms with Gasteiger partial charge in [0.1, 0.15) is 48.8 Å². The van der Waals surface area contributed by atoms with Crippen LogP contribution < -0.4 is 5.32 Å². The van der Waals surface area contributed by atoms with Crippen molar-refractivity contribution in [3.8, 4) is 0 Å². The smallest absolute Gasteiger partial charge is 0.220 e. The Bertz CT molecular complexity index is 1820. The molecule has 2 saturated heterocycles. The van der Waals surface area contributed by atoms with Gasteiger partial charge in [0.15, 0.2) is 12.6 Å². The van der Waals surface area contributed by atoms with Crippen molar-refractivity contribution in [2.24, 2.45) is 0 Å². The first kappa shape index (κ1) is 85.5. The van der Waals surface area contributed by atoms with Gasteiger partial charge in [-0.1, -0.05) is 324 Å². The van der Waals surface area contributed by atoms with Gasteiger partial charge in [-0.2, -0.15) is 0 Å². The van der Waals surface area contributed by atoms with Crippen LogP contribution in [0.2, 0.25) is 0 Å². The largest absolute Gasteiger partial charge is 0.394 e. The molecule has 14 heteroatoms. The van der Waals surface area contributed by atoms with Gasteiger partial charge < -0.3 is 65.1 Å². The third-order valence-corrected chi connectivity index (χ3v) is 18.4. The highest BCUT2D eigenvalue weighted by Crippen LogP contribution is 2.30. The summed E-state index contributed by atoms with van der Waals surface area (Å²) in [5, 5.41) is 87.7. The Morgan fingerprint density at radius 3 is 1.15 bits per heavy atom. The second kappa shape index (κ2) is 62.0. The molecule has 9 N–H and O–H groups in total. The lowest BCUT2D eigenvalue weighted by atomic mass is 9.97. The first-order chi connectivity index (χ1) is 45.1. The molecule has 0 aromatic carbocycles. The molecule has 0 spiro atoms. The van der Waals surface area contributed by atoms with E-state index in [4.69, 9.17) is 18.9 Å². The molecule has 12 atom stereocenters. The van der Waals surface area contributed by atoms with E-state index in [0.29, 0.717) is 12.8 Å². The monoisotopic (exact) mass is 1300 g/mol. The molecule has 12 unspecified atom stereocenters. The highest BCUT2D eigenvalue weighted by molar-refractivity contribution is 5.76. The van der Waals surface area contributed by atoms with Crippen LogP contribution in [0.5, 0.6) is 0 Å². The highest BCUT2D eigenvalue weighted by atomic mass is 16.7. The number of aliphatic hydroxyl groups is 8. The predicted octanol–water partition coefficient (Wildman–Crippen LogP) is 16.6. The molecule has 2 heterocycles. The zero-order valence-corrected chi connectivity index (χ0v) is 58.5. The van der Waals surface area contributed by atoms with Crippen molar-refractivity contribution in [3.05, 3.63) is 72.9 Å². The van der Waals surface area contributed by atoms with Gasteiger partial charge in [-0.3, -0.25) is 4.79 Å². The van der Waals surface area contributed by atoms with Crippen molar-refractivity contribution in [2.75, 3.05) is 19.8 Å². The van der Waals surface area contributed by atoms with E-state index in [1.54, 1.807) is 0 Å². The van der Waals surface area contributed by atoms with Gasteiger partial charge in [-0.25, -0.2) is 0 Å².